The highest BCUT2D eigenvalue weighted by molar-refractivity contribution is 5.78. The molecule has 0 fully saturated rings. The zero-order chi connectivity index (χ0) is 11.8. The first-order chi connectivity index (χ1) is 7.50. The minimum Gasteiger partial charge on any atom is -0.329 e. The third-order valence-corrected chi connectivity index (χ3v) is 2.24. The molecule has 2 N–H and O–H groups in total. The van der Waals surface area contributed by atoms with E-state index in [2.05, 4.69) is 5.10 Å². The fourth-order valence-corrected chi connectivity index (χ4v) is 1.50. The van der Waals surface area contributed by atoms with Gasteiger partial charge in [0.1, 0.15) is 0 Å². The molecule has 2 rings (SSSR count). The van der Waals surface area contributed by atoms with Crippen molar-refractivity contribution in [1.82, 2.24) is 9.78 Å². The van der Waals surface area contributed by atoms with E-state index in [-0.39, 0.29) is 0 Å². The van der Waals surface area contributed by atoms with Gasteiger partial charge in [-0.05, 0) is 18.2 Å². The average Bonchev–Trinajstić information content (AvgIpc) is 2.57. The summed E-state index contributed by atoms with van der Waals surface area (Å²) in [5, 5.41) is 4.57. The van der Waals surface area contributed by atoms with Crippen LogP contribution in [0.15, 0.2) is 24.4 Å². The Bertz CT molecular complexity index is 501. The fourth-order valence-electron chi connectivity index (χ4n) is 1.50. The SMILES string of the molecule is NCCn1cc2cc(C(F)(F)F)ccc2n1. The summed E-state index contributed by atoms with van der Waals surface area (Å²) >= 11 is 0. The van der Waals surface area contributed by atoms with Crippen molar-refractivity contribution in [3.05, 3.63) is 30.0 Å². The van der Waals surface area contributed by atoms with Gasteiger partial charge in [0.05, 0.1) is 17.6 Å². The normalized spacial score (nSPS) is 12.2. The second-order valence-corrected chi connectivity index (χ2v) is 3.45. The molecule has 0 saturated carbocycles. The predicted octanol–water partition coefficient (Wildman–Crippen LogP) is 2.01. The minimum atomic E-state index is -4.32. The molecule has 1 aromatic heterocycles. The number of halogens is 3. The van der Waals surface area contributed by atoms with Crippen LogP contribution in [0.5, 0.6) is 0 Å². The molecule has 0 spiro atoms. The van der Waals surface area contributed by atoms with E-state index < -0.39 is 11.7 Å². The van der Waals surface area contributed by atoms with Gasteiger partial charge in [-0.25, -0.2) is 0 Å². The monoisotopic (exact) mass is 229 g/mol. The van der Waals surface area contributed by atoms with Crippen molar-refractivity contribution in [2.75, 3.05) is 6.54 Å². The van der Waals surface area contributed by atoms with Gasteiger partial charge in [0.25, 0.3) is 0 Å². The van der Waals surface area contributed by atoms with Crippen LogP contribution in [0.1, 0.15) is 5.56 Å². The molecule has 0 amide bonds. The number of nitrogens with two attached hydrogens (primary N) is 1. The summed E-state index contributed by atoms with van der Waals surface area (Å²) < 4.78 is 38.8. The largest absolute Gasteiger partial charge is 0.416 e. The molecular weight excluding hydrogens is 219 g/mol. The van der Waals surface area contributed by atoms with Gasteiger partial charge < -0.3 is 5.73 Å². The average molecular weight is 229 g/mol. The second-order valence-electron chi connectivity index (χ2n) is 3.45. The molecule has 86 valence electrons. The van der Waals surface area contributed by atoms with Gasteiger partial charge in [-0.2, -0.15) is 18.3 Å². The Morgan fingerprint density at radius 1 is 1.31 bits per heavy atom. The lowest BCUT2D eigenvalue weighted by molar-refractivity contribution is -0.137. The number of hydrogen-bond donors (Lipinski definition) is 1. The molecule has 0 aliphatic carbocycles. The maximum atomic E-state index is 12.4. The summed E-state index contributed by atoms with van der Waals surface area (Å²) in [5.74, 6) is 0. The van der Waals surface area contributed by atoms with Gasteiger partial charge in [-0.1, -0.05) is 0 Å². The van der Waals surface area contributed by atoms with E-state index in [1.807, 2.05) is 0 Å². The molecule has 0 saturated heterocycles. The van der Waals surface area contributed by atoms with E-state index in [9.17, 15) is 13.2 Å². The van der Waals surface area contributed by atoms with E-state index in [1.54, 1.807) is 10.9 Å². The molecule has 3 nitrogen and oxygen atoms in total. The van der Waals surface area contributed by atoms with Crippen LogP contribution in [0.3, 0.4) is 0 Å². The molecule has 16 heavy (non-hydrogen) atoms. The van der Waals surface area contributed by atoms with Crippen molar-refractivity contribution >= 4 is 10.9 Å². The molecule has 0 bridgehead atoms. The van der Waals surface area contributed by atoms with Crippen LogP contribution in [0.4, 0.5) is 13.2 Å². The fraction of sp³-hybridized carbons (Fsp3) is 0.300. The first kappa shape index (κ1) is 10.9. The van der Waals surface area contributed by atoms with E-state index in [0.717, 1.165) is 12.1 Å². The third kappa shape index (κ3) is 2.01. The van der Waals surface area contributed by atoms with E-state index in [0.29, 0.717) is 24.0 Å². The molecule has 0 aliphatic rings. The standard InChI is InChI=1S/C10H10F3N3/c11-10(12,13)8-1-2-9-7(5-8)6-16(15-9)4-3-14/h1-2,5-6H,3-4,14H2. The van der Waals surface area contributed by atoms with E-state index in [1.165, 1.54) is 6.07 Å². The third-order valence-electron chi connectivity index (χ3n) is 2.24. The van der Waals surface area contributed by atoms with Crippen LogP contribution >= 0.6 is 0 Å². The number of alkyl halides is 3. The number of benzene rings is 1. The molecule has 0 unspecified atom stereocenters. The molecule has 1 aromatic carbocycles. The minimum absolute atomic E-state index is 0.403. The lowest BCUT2D eigenvalue weighted by Gasteiger charge is -2.04. The summed E-state index contributed by atoms with van der Waals surface area (Å²) in [6.07, 6.45) is -2.75. The van der Waals surface area contributed by atoms with Gasteiger partial charge in [-0.3, -0.25) is 4.68 Å². The molecule has 0 aliphatic heterocycles. The van der Waals surface area contributed by atoms with Crippen molar-refractivity contribution in [2.24, 2.45) is 5.73 Å². The van der Waals surface area contributed by atoms with Gasteiger partial charge in [0, 0.05) is 18.1 Å². The number of nitrogens with zero attached hydrogens (tertiary/aromatic N) is 2. The number of fused-ring (bicyclic) bond motifs is 1. The van der Waals surface area contributed by atoms with Crippen molar-refractivity contribution < 1.29 is 13.2 Å². The van der Waals surface area contributed by atoms with Crippen LogP contribution < -0.4 is 5.73 Å². The molecule has 0 atom stereocenters. The number of hydrogen-bond acceptors (Lipinski definition) is 2. The zero-order valence-corrected chi connectivity index (χ0v) is 8.33. The molecule has 6 heteroatoms. The summed E-state index contributed by atoms with van der Waals surface area (Å²) in [6, 6.07) is 3.49. The van der Waals surface area contributed by atoms with Crippen molar-refractivity contribution in [1.29, 1.82) is 0 Å². The maximum absolute atomic E-state index is 12.4. The van der Waals surface area contributed by atoms with Gasteiger partial charge in [0.2, 0.25) is 0 Å². The predicted molar refractivity (Wildman–Crippen MR) is 53.8 cm³/mol. The van der Waals surface area contributed by atoms with Gasteiger partial charge in [-0.15, -0.1) is 0 Å². The summed E-state index contributed by atoms with van der Waals surface area (Å²) in [4.78, 5) is 0. The van der Waals surface area contributed by atoms with Crippen LogP contribution in [0.2, 0.25) is 0 Å². The van der Waals surface area contributed by atoms with Crippen LogP contribution in [0.25, 0.3) is 10.9 Å². The summed E-state index contributed by atoms with van der Waals surface area (Å²) in [5.41, 5.74) is 5.22. The van der Waals surface area contributed by atoms with E-state index >= 15 is 0 Å². The Balaban J connectivity index is 2.46. The zero-order valence-electron chi connectivity index (χ0n) is 8.33. The quantitative estimate of drug-likeness (QED) is 0.856. The summed E-state index contributed by atoms with van der Waals surface area (Å²) in [6.45, 7) is 0.899. The lowest BCUT2D eigenvalue weighted by atomic mass is 10.1. The van der Waals surface area contributed by atoms with Crippen LogP contribution in [-0.2, 0) is 12.7 Å². The topological polar surface area (TPSA) is 43.8 Å². The molecule has 2 aromatic rings. The Labute approximate surface area is 89.7 Å². The van der Waals surface area contributed by atoms with Crippen molar-refractivity contribution in [3.8, 4) is 0 Å². The highest BCUT2D eigenvalue weighted by Gasteiger charge is 2.30. The molecule has 1 heterocycles. The highest BCUT2D eigenvalue weighted by Crippen LogP contribution is 2.30. The van der Waals surface area contributed by atoms with Crippen molar-refractivity contribution in [3.63, 3.8) is 0 Å². The van der Waals surface area contributed by atoms with Crippen LogP contribution in [0, 0.1) is 0 Å². The Kier molecular flexibility index (Phi) is 2.59. The lowest BCUT2D eigenvalue weighted by Crippen LogP contribution is -2.09. The Morgan fingerprint density at radius 3 is 2.69 bits per heavy atom. The molecular formula is C10H10F3N3. The maximum Gasteiger partial charge on any atom is 0.416 e. The first-order valence-corrected chi connectivity index (χ1v) is 4.75. The highest BCUT2D eigenvalue weighted by atomic mass is 19.4. The van der Waals surface area contributed by atoms with Gasteiger partial charge in [0.15, 0.2) is 0 Å². The van der Waals surface area contributed by atoms with E-state index in [4.69, 9.17) is 5.73 Å². The Hall–Kier alpha value is -1.56. The first-order valence-electron chi connectivity index (χ1n) is 4.75. The number of aromatic nitrogens is 2. The van der Waals surface area contributed by atoms with Crippen LogP contribution in [-0.4, -0.2) is 16.3 Å². The second kappa shape index (κ2) is 3.79. The number of rotatable bonds is 2. The Morgan fingerprint density at radius 2 is 2.06 bits per heavy atom. The van der Waals surface area contributed by atoms with Crippen molar-refractivity contribution in [2.45, 2.75) is 12.7 Å². The smallest absolute Gasteiger partial charge is 0.329 e. The summed E-state index contributed by atoms with van der Waals surface area (Å²) in [7, 11) is 0. The molecule has 0 radical (unpaired) electrons. The van der Waals surface area contributed by atoms with Gasteiger partial charge >= 0.3 is 6.18 Å².